The number of halogens is 2. The van der Waals surface area contributed by atoms with Crippen molar-refractivity contribution in [3.63, 3.8) is 0 Å². The second-order valence-electron chi connectivity index (χ2n) is 3.55. The molecule has 0 saturated heterocycles. The molecule has 0 aromatic heterocycles. The van der Waals surface area contributed by atoms with Crippen molar-refractivity contribution >= 4 is 27.5 Å². The fourth-order valence-electron chi connectivity index (χ4n) is 1.21. The molecule has 0 saturated carbocycles. The summed E-state index contributed by atoms with van der Waals surface area (Å²) in [7, 11) is 0. The first-order valence-corrected chi connectivity index (χ1v) is 6.27. The Hall–Kier alpha value is -0.510. The van der Waals surface area contributed by atoms with Gasteiger partial charge in [0.2, 0.25) is 0 Å². The second kappa shape index (κ2) is 6.94. The van der Waals surface area contributed by atoms with Crippen LogP contribution in [0.1, 0.15) is 12.5 Å². The number of ether oxygens (including phenoxy) is 1. The SMILES string of the molecule is C/C(=C/Cl)COc1ccc(CCN)cc1Br. The van der Waals surface area contributed by atoms with Gasteiger partial charge in [-0.05, 0) is 59.1 Å². The van der Waals surface area contributed by atoms with Crippen LogP contribution in [-0.2, 0) is 6.42 Å². The molecule has 0 aliphatic rings. The summed E-state index contributed by atoms with van der Waals surface area (Å²) < 4.78 is 6.54. The Labute approximate surface area is 110 Å². The van der Waals surface area contributed by atoms with Crippen LogP contribution in [0, 0.1) is 0 Å². The third-order valence-corrected chi connectivity index (χ3v) is 3.06. The first kappa shape index (κ1) is 13.6. The van der Waals surface area contributed by atoms with Crippen molar-refractivity contribution in [3.8, 4) is 5.75 Å². The van der Waals surface area contributed by atoms with Gasteiger partial charge in [-0.2, -0.15) is 0 Å². The topological polar surface area (TPSA) is 35.2 Å². The van der Waals surface area contributed by atoms with E-state index in [1.54, 1.807) is 0 Å². The van der Waals surface area contributed by atoms with Gasteiger partial charge in [-0.15, -0.1) is 0 Å². The van der Waals surface area contributed by atoms with E-state index in [0.717, 1.165) is 22.2 Å². The summed E-state index contributed by atoms with van der Waals surface area (Å²) in [6.07, 6.45) is 0.874. The third-order valence-electron chi connectivity index (χ3n) is 2.07. The average Bonchev–Trinajstić information content (AvgIpc) is 2.28. The Morgan fingerprint density at radius 2 is 2.31 bits per heavy atom. The van der Waals surface area contributed by atoms with Crippen LogP contribution in [0.4, 0.5) is 0 Å². The quantitative estimate of drug-likeness (QED) is 0.904. The average molecular weight is 305 g/mol. The summed E-state index contributed by atoms with van der Waals surface area (Å²) in [5.74, 6) is 0.818. The van der Waals surface area contributed by atoms with Crippen molar-refractivity contribution in [2.75, 3.05) is 13.2 Å². The van der Waals surface area contributed by atoms with E-state index in [1.807, 2.05) is 25.1 Å². The highest BCUT2D eigenvalue weighted by Crippen LogP contribution is 2.26. The zero-order chi connectivity index (χ0) is 12.0. The van der Waals surface area contributed by atoms with E-state index in [1.165, 1.54) is 11.1 Å². The van der Waals surface area contributed by atoms with E-state index in [-0.39, 0.29) is 0 Å². The molecule has 0 amide bonds. The number of hydrogen-bond acceptors (Lipinski definition) is 2. The zero-order valence-electron chi connectivity index (χ0n) is 9.17. The normalized spacial score (nSPS) is 11.6. The van der Waals surface area contributed by atoms with Crippen molar-refractivity contribution in [1.82, 2.24) is 0 Å². The lowest BCUT2D eigenvalue weighted by Crippen LogP contribution is -2.03. The molecule has 2 nitrogen and oxygen atoms in total. The Morgan fingerprint density at radius 1 is 1.56 bits per heavy atom. The summed E-state index contributed by atoms with van der Waals surface area (Å²) in [6.45, 7) is 3.07. The van der Waals surface area contributed by atoms with E-state index < -0.39 is 0 Å². The van der Waals surface area contributed by atoms with Gasteiger partial charge < -0.3 is 10.5 Å². The van der Waals surface area contributed by atoms with Gasteiger partial charge in [-0.1, -0.05) is 17.7 Å². The molecule has 88 valence electrons. The van der Waals surface area contributed by atoms with Gasteiger partial charge in [0, 0.05) is 5.54 Å². The Morgan fingerprint density at radius 3 is 2.88 bits per heavy atom. The molecule has 0 spiro atoms. The summed E-state index contributed by atoms with van der Waals surface area (Å²) in [5, 5.41) is 0. The second-order valence-corrected chi connectivity index (χ2v) is 4.62. The van der Waals surface area contributed by atoms with Gasteiger partial charge in [0.1, 0.15) is 12.4 Å². The zero-order valence-corrected chi connectivity index (χ0v) is 11.5. The lowest BCUT2D eigenvalue weighted by Gasteiger charge is -2.09. The highest BCUT2D eigenvalue weighted by molar-refractivity contribution is 9.10. The lowest BCUT2D eigenvalue weighted by atomic mass is 10.1. The van der Waals surface area contributed by atoms with Crippen LogP contribution < -0.4 is 10.5 Å². The Kier molecular flexibility index (Phi) is 5.88. The first-order valence-electron chi connectivity index (χ1n) is 5.04. The summed E-state index contributed by atoms with van der Waals surface area (Å²) in [6, 6.07) is 5.99. The molecule has 1 rings (SSSR count). The predicted octanol–water partition coefficient (Wildman–Crippen LogP) is 3.47. The van der Waals surface area contributed by atoms with Gasteiger partial charge in [-0.3, -0.25) is 0 Å². The fourth-order valence-corrected chi connectivity index (χ4v) is 1.81. The maximum atomic E-state index is 5.59. The third kappa shape index (κ3) is 4.16. The number of nitrogens with two attached hydrogens (primary N) is 1. The fraction of sp³-hybridized carbons (Fsp3) is 0.333. The molecule has 0 atom stereocenters. The Bertz CT molecular complexity index is 379. The van der Waals surface area contributed by atoms with E-state index in [0.29, 0.717) is 13.2 Å². The van der Waals surface area contributed by atoms with Crippen LogP contribution in [0.3, 0.4) is 0 Å². The van der Waals surface area contributed by atoms with Crippen LogP contribution in [0.15, 0.2) is 33.8 Å². The lowest BCUT2D eigenvalue weighted by molar-refractivity contribution is 0.350. The molecule has 0 aliphatic carbocycles. The van der Waals surface area contributed by atoms with Crippen molar-refractivity contribution < 1.29 is 4.74 Å². The molecule has 1 aromatic carbocycles. The minimum absolute atomic E-state index is 0.498. The van der Waals surface area contributed by atoms with Crippen LogP contribution in [-0.4, -0.2) is 13.2 Å². The molecule has 0 heterocycles. The summed E-state index contributed by atoms with van der Waals surface area (Å²) >= 11 is 9.03. The van der Waals surface area contributed by atoms with Crippen molar-refractivity contribution in [3.05, 3.63) is 39.3 Å². The van der Waals surface area contributed by atoms with Crippen molar-refractivity contribution in [1.29, 1.82) is 0 Å². The maximum Gasteiger partial charge on any atom is 0.133 e. The van der Waals surface area contributed by atoms with Crippen molar-refractivity contribution in [2.45, 2.75) is 13.3 Å². The maximum absolute atomic E-state index is 5.59. The molecule has 0 fully saturated rings. The number of hydrogen-bond donors (Lipinski definition) is 1. The molecule has 0 bridgehead atoms. The predicted molar refractivity (Wildman–Crippen MR) is 72.0 cm³/mol. The molecule has 1 aromatic rings. The molecule has 0 aliphatic heterocycles. The molecule has 16 heavy (non-hydrogen) atoms. The first-order chi connectivity index (χ1) is 7.67. The number of rotatable bonds is 5. The largest absolute Gasteiger partial charge is 0.488 e. The molecule has 0 unspecified atom stereocenters. The van der Waals surface area contributed by atoms with E-state index in [9.17, 15) is 0 Å². The monoisotopic (exact) mass is 303 g/mol. The van der Waals surface area contributed by atoms with Crippen molar-refractivity contribution in [2.24, 2.45) is 5.73 Å². The van der Waals surface area contributed by atoms with Gasteiger partial charge in [0.25, 0.3) is 0 Å². The smallest absolute Gasteiger partial charge is 0.133 e. The highest BCUT2D eigenvalue weighted by atomic mass is 79.9. The van der Waals surface area contributed by atoms with Gasteiger partial charge in [0.05, 0.1) is 4.47 Å². The molecule has 0 radical (unpaired) electrons. The molecular formula is C12H15BrClNO. The summed E-state index contributed by atoms with van der Waals surface area (Å²) in [5.41, 5.74) is 9.21. The van der Waals surface area contributed by atoms with Crippen LogP contribution >= 0.6 is 27.5 Å². The van der Waals surface area contributed by atoms with Crippen LogP contribution in [0.2, 0.25) is 0 Å². The standard InChI is InChI=1S/C12H15BrClNO/c1-9(7-14)8-16-12-3-2-10(4-5-15)6-11(12)13/h2-3,6-7H,4-5,8,15H2,1H3/b9-7-. The molecule has 2 N–H and O–H groups in total. The van der Waals surface area contributed by atoms with Gasteiger partial charge in [0.15, 0.2) is 0 Å². The van der Waals surface area contributed by atoms with Gasteiger partial charge in [-0.25, -0.2) is 0 Å². The highest BCUT2D eigenvalue weighted by Gasteiger charge is 2.02. The number of benzene rings is 1. The molecular weight excluding hydrogens is 289 g/mol. The van der Waals surface area contributed by atoms with E-state index >= 15 is 0 Å². The minimum Gasteiger partial charge on any atom is -0.488 e. The summed E-state index contributed by atoms with van der Waals surface area (Å²) in [4.78, 5) is 0. The van der Waals surface area contributed by atoms with E-state index in [2.05, 4.69) is 15.9 Å². The Balaban J connectivity index is 2.67. The van der Waals surface area contributed by atoms with Crippen LogP contribution in [0.5, 0.6) is 5.75 Å². The van der Waals surface area contributed by atoms with Crippen LogP contribution in [0.25, 0.3) is 0 Å². The van der Waals surface area contributed by atoms with E-state index in [4.69, 9.17) is 22.1 Å². The minimum atomic E-state index is 0.498. The van der Waals surface area contributed by atoms with Gasteiger partial charge >= 0.3 is 0 Å². The molecule has 4 heteroatoms.